The van der Waals surface area contributed by atoms with Gasteiger partial charge in [-0.15, -0.1) is 24.0 Å². The van der Waals surface area contributed by atoms with Gasteiger partial charge in [-0.25, -0.2) is 4.98 Å². The molecule has 0 bridgehead atoms. The fourth-order valence-corrected chi connectivity index (χ4v) is 3.67. The van der Waals surface area contributed by atoms with Gasteiger partial charge in [0.25, 0.3) is 0 Å². The van der Waals surface area contributed by atoms with Crippen LogP contribution in [0.25, 0.3) is 11.3 Å². The highest BCUT2D eigenvalue weighted by Crippen LogP contribution is 2.39. The molecule has 0 aliphatic carbocycles. The Bertz CT molecular complexity index is 1000. The molecule has 1 unspecified atom stereocenters. The first-order valence-electron chi connectivity index (χ1n) is 9.88. The number of hydrogen-bond donors (Lipinski definition) is 3. The van der Waals surface area contributed by atoms with Gasteiger partial charge < -0.3 is 20.4 Å². The van der Waals surface area contributed by atoms with Gasteiger partial charge in [0, 0.05) is 19.0 Å². The van der Waals surface area contributed by atoms with E-state index in [0.717, 1.165) is 40.8 Å². The molecule has 1 aromatic heterocycles. The van der Waals surface area contributed by atoms with Crippen LogP contribution in [-0.4, -0.2) is 28.6 Å². The standard InChI is InChI=1S/C23H27N5O.HI/c1-23(2)13-18(17-11-7-8-12-20(17)29-23)28-22(24-3)26-15-21-25-14-19(27-21)16-9-5-4-6-10-16;/h4-12,14,18H,13,15H2,1-3H3,(H,25,27)(H2,24,26,28);1H. The summed E-state index contributed by atoms with van der Waals surface area (Å²) in [7, 11) is 1.78. The molecular weight excluding hydrogens is 489 g/mol. The molecule has 1 atom stereocenters. The summed E-state index contributed by atoms with van der Waals surface area (Å²) in [6.45, 7) is 4.78. The lowest BCUT2D eigenvalue weighted by atomic mass is 9.90. The Hall–Kier alpha value is -2.55. The third-order valence-corrected chi connectivity index (χ3v) is 5.05. The summed E-state index contributed by atoms with van der Waals surface area (Å²) in [5, 5.41) is 6.90. The first-order chi connectivity index (χ1) is 14.0. The normalized spacial score (nSPS) is 17.3. The van der Waals surface area contributed by atoms with Crippen molar-refractivity contribution in [2.24, 2.45) is 4.99 Å². The van der Waals surface area contributed by atoms with Gasteiger partial charge in [0.15, 0.2) is 5.96 Å². The molecule has 2 aromatic carbocycles. The topological polar surface area (TPSA) is 74.3 Å². The number of halogens is 1. The van der Waals surface area contributed by atoms with E-state index in [1.54, 1.807) is 7.05 Å². The molecule has 1 aliphatic heterocycles. The highest BCUT2D eigenvalue weighted by atomic mass is 127. The molecule has 1 aliphatic rings. The Morgan fingerprint density at radius 1 is 1.17 bits per heavy atom. The van der Waals surface area contributed by atoms with Gasteiger partial charge in [-0.05, 0) is 25.5 Å². The Morgan fingerprint density at radius 2 is 1.90 bits per heavy atom. The monoisotopic (exact) mass is 517 g/mol. The molecule has 0 radical (unpaired) electrons. The fourth-order valence-electron chi connectivity index (χ4n) is 3.67. The largest absolute Gasteiger partial charge is 0.487 e. The Balaban J connectivity index is 0.00000256. The number of nitrogens with zero attached hydrogens (tertiary/aromatic N) is 2. The predicted molar refractivity (Wildman–Crippen MR) is 131 cm³/mol. The zero-order valence-electron chi connectivity index (χ0n) is 17.5. The number of aliphatic imine (C=N–C) groups is 1. The van der Waals surface area contributed by atoms with E-state index in [4.69, 9.17) is 4.74 Å². The van der Waals surface area contributed by atoms with Gasteiger partial charge in [0.1, 0.15) is 17.2 Å². The number of aromatic amines is 1. The molecular formula is C23H28IN5O. The van der Waals surface area contributed by atoms with Gasteiger partial charge in [0.05, 0.1) is 24.5 Å². The molecule has 2 heterocycles. The molecule has 4 rings (SSSR count). The molecule has 0 fully saturated rings. The first kappa shape index (κ1) is 22.1. The van der Waals surface area contributed by atoms with Gasteiger partial charge in [0.2, 0.25) is 0 Å². The number of rotatable bonds is 4. The number of aromatic nitrogens is 2. The number of fused-ring (bicyclic) bond motifs is 1. The van der Waals surface area contributed by atoms with Crippen LogP contribution in [0.3, 0.4) is 0 Å². The smallest absolute Gasteiger partial charge is 0.191 e. The SMILES string of the molecule is CN=C(NCc1ncc(-c2ccccc2)[nH]1)NC1CC(C)(C)Oc2ccccc21.I. The van der Waals surface area contributed by atoms with E-state index in [1.807, 2.05) is 42.6 Å². The van der Waals surface area contributed by atoms with E-state index in [0.29, 0.717) is 6.54 Å². The first-order valence-corrected chi connectivity index (χ1v) is 9.88. The number of benzene rings is 2. The van der Waals surface area contributed by atoms with Crippen molar-refractivity contribution in [3.63, 3.8) is 0 Å². The predicted octanol–water partition coefficient (Wildman–Crippen LogP) is 4.66. The Labute approximate surface area is 194 Å². The van der Waals surface area contributed by atoms with Crippen LogP contribution in [0.5, 0.6) is 5.75 Å². The van der Waals surface area contributed by atoms with E-state index >= 15 is 0 Å². The number of hydrogen-bond acceptors (Lipinski definition) is 3. The summed E-state index contributed by atoms with van der Waals surface area (Å²) in [6.07, 6.45) is 2.71. The molecule has 0 spiro atoms. The van der Waals surface area contributed by atoms with E-state index in [2.05, 4.69) is 57.6 Å². The average molecular weight is 517 g/mol. The van der Waals surface area contributed by atoms with Crippen LogP contribution >= 0.6 is 24.0 Å². The molecule has 7 heteroatoms. The van der Waals surface area contributed by atoms with Gasteiger partial charge >= 0.3 is 0 Å². The van der Waals surface area contributed by atoms with Crippen molar-refractivity contribution in [3.8, 4) is 17.0 Å². The maximum atomic E-state index is 6.12. The van der Waals surface area contributed by atoms with Gasteiger partial charge in [-0.1, -0.05) is 48.5 Å². The molecule has 30 heavy (non-hydrogen) atoms. The maximum Gasteiger partial charge on any atom is 0.191 e. The van der Waals surface area contributed by atoms with Crippen LogP contribution in [0, 0.1) is 0 Å². The van der Waals surface area contributed by atoms with E-state index in [-0.39, 0.29) is 35.6 Å². The number of imidazole rings is 1. The summed E-state index contributed by atoms with van der Waals surface area (Å²) in [5.74, 6) is 2.52. The van der Waals surface area contributed by atoms with Crippen molar-refractivity contribution < 1.29 is 4.74 Å². The molecule has 0 amide bonds. The second-order valence-electron chi connectivity index (χ2n) is 7.84. The summed E-state index contributed by atoms with van der Waals surface area (Å²) in [4.78, 5) is 12.2. The molecule has 6 nitrogen and oxygen atoms in total. The number of guanidine groups is 1. The summed E-state index contributed by atoms with van der Waals surface area (Å²) >= 11 is 0. The molecule has 3 aromatic rings. The Kier molecular flexibility index (Phi) is 7.02. The van der Waals surface area contributed by atoms with Crippen LogP contribution in [-0.2, 0) is 6.54 Å². The van der Waals surface area contributed by atoms with E-state index < -0.39 is 0 Å². The van der Waals surface area contributed by atoms with Crippen molar-refractivity contribution >= 4 is 29.9 Å². The van der Waals surface area contributed by atoms with Crippen molar-refractivity contribution in [1.29, 1.82) is 0 Å². The fraction of sp³-hybridized carbons (Fsp3) is 0.304. The highest BCUT2D eigenvalue weighted by Gasteiger charge is 2.33. The molecule has 3 N–H and O–H groups in total. The van der Waals surface area contributed by atoms with Gasteiger partial charge in [-0.2, -0.15) is 0 Å². The number of para-hydroxylation sites is 1. The summed E-state index contributed by atoms with van der Waals surface area (Å²) in [5.41, 5.74) is 3.04. The van der Waals surface area contributed by atoms with E-state index in [1.165, 1.54) is 0 Å². The number of ether oxygens (including phenoxy) is 1. The van der Waals surface area contributed by atoms with Crippen LogP contribution < -0.4 is 15.4 Å². The van der Waals surface area contributed by atoms with Crippen LogP contribution in [0.2, 0.25) is 0 Å². The zero-order valence-corrected chi connectivity index (χ0v) is 19.8. The summed E-state index contributed by atoms with van der Waals surface area (Å²) < 4.78 is 6.12. The minimum Gasteiger partial charge on any atom is -0.487 e. The third-order valence-electron chi connectivity index (χ3n) is 5.05. The lowest BCUT2D eigenvalue weighted by Crippen LogP contribution is -2.45. The van der Waals surface area contributed by atoms with E-state index in [9.17, 15) is 0 Å². The highest BCUT2D eigenvalue weighted by molar-refractivity contribution is 14.0. The van der Waals surface area contributed by atoms with Crippen molar-refractivity contribution in [1.82, 2.24) is 20.6 Å². The number of nitrogens with one attached hydrogen (secondary N) is 3. The van der Waals surface area contributed by atoms with Crippen LogP contribution in [0.15, 0.2) is 65.8 Å². The zero-order chi connectivity index (χ0) is 20.3. The number of H-pyrrole nitrogens is 1. The lowest BCUT2D eigenvalue weighted by Gasteiger charge is -2.38. The van der Waals surface area contributed by atoms with Crippen molar-refractivity contribution in [2.75, 3.05) is 7.05 Å². The Morgan fingerprint density at radius 3 is 2.67 bits per heavy atom. The van der Waals surface area contributed by atoms with Gasteiger partial charge in [-0.3, -0.25) is 4.99 Å². The van der Waals surface area contributed by atoms with Crippen LogP contribution in [0.1, 0.15) is 37.7 Å². The lowest BCUT2D eigenvalue weighted by molar-refractivity contribution is 0.0694. The quantitative estimate of drug-likeness (QED) is 0.268. The third kappa shape index (κ3) is 5.13. The molecule has 0 saturated heterocycles. The minimum absolute atomic E-state index is 0. The minimum atomic E-state index is -0.240. The summed E-state index contributed by atoms with van der Waals surface area (Å²) in [6, 6.07) is 18.5. The second-order valence-corrected chi connectivity index (χ2v) is 7.84. The second kappa shape index (κ2) is 9.51. The maximum absolute atomic E-state index is 6.12. The molecule has 0 saturated carbocycles. The average Bonchev–Trinajstić information content (AvgIpc) is 3.20. The van der Waals surface area contributed by atoms with Crippen molar-refractivity contribution in [3.05, 3.63) is 72.2 Å². The molecule has 158 valence electrons. The van der Waals surface area contributed by atoms with Crippen LogP contribution in [0.4, 0.5) is 0 Å². The van der Waals surface area contributed by atoms with Crippen molar-refractivity contribution in [2.45, 2.75) is 38.5 Å².